The van der Waals surface area contributed by atoms with Gasteiger partial charge >= 0.3 is 0 Å². The fourth-order valence-electron chi connectivity index (χ4n) is 1.63. The molecule has 0 saturated carbocycles. The van der Waals surface area contributed by atoms with Crippen LogP contribution >= 0.6 is 0 Å². The summed E-state index contributed by atoms with van der Waals surface area (Å²) in [5, 5.41) is 10.5. The monoisotopic (exact) mass is 230 g/mol. The van der Waals surface area contributed by atoms with E-state index in [-0.39, 0.29) is 0 Å². The number of aromatic nitrogens is 2. The Balaban J connectivity index is 2.37. The van der Waals surface area contributed by atoms with Crippen LogP contribution in [-0.4, -0.2) is 22.2 Å². The molecule has 1 aromatic heterocycles. The second kappa shape index (κ2) is 4.51. The molecular formula is C13H14N2O2. The second-order valence-corrected chi connectivity index (χ2v) is 3.93. The fourth-order valence-corrected chi connectivity index (χ4v) is 1.63. The van der Waals surface area contributed by atoms with Crippen LogP contribution in [-0.2, 0) is 5.60 Å². The van der Waals surface area contributed by atoms with Crippen LogP contribution < -0.4 is 4.74 Å². The Hall–Kier alpha value is -1.94. The van der Waals surface area contributed by atoms with Gasteiger partial charge in [-0.1, -0.05) is 12.1 Å². The van der Waals surface area contributed by atoms with Crippen molar-refractivity contribution in [2.75, 3.05) is 7.11 Å². The van der Waals surface area contributed by atoms with Gasteiger partial charge in [-0.2, -0.15) is 0 Å². The van der Waals surface area contributed by atoms with E-state index >= 15 is 0 Å². The van der Waals surface area contributed by atoms with Crippen molar-refractivity contribution >= 4 is 0 Å². The minimum absolute atomic E-state index is 0.658. The standard InChI is InChI=1S/C13H14N2O2/c1-13(16,11-7-14-9-15-8-11)10-3-5-12(17-2)6-4-10/h3-9,16H,1-2H3/t13-/m1/s1. The molecule has 1 aromatic carbocycles. The summed E-state index contributed by atoms with van der Waals surface area (Å²) in [6.07, 6.45) is 4.65. The van der Waals surface area contributed by atoms with Crippen LogP contribution in [0, 0.1) is 0 Å². The van der Waals surface area contributed by atoms with E-state index in [0.717, 1.165) is 11.3 Å². The van der Waals surface area contributed by atoms with Crippen LogP contribution in [0.3, 0.4) is 0 Å². The van der Waals surface area contributed by atoms with Crippen molar-refractivity contribution in [3.8, 4) is 5.75 Å². The molecule has 1 heterocycles. The Bertz CT molecular complexity index is 481. The summed E-state index contributed by atoms with van der Waals surface area (Å²) < 4.78 is 5.08. The maximum absolute atomic E-state index is 10.5. The molecule has 0 saturated heterocycles. The van der Waals surface area contributed by atoms with E-state index in [4.69, 9.17) is 4.74 Å². The van der Waals surface area contributed by atoms with E-state index < -0.39 is 5.60 Å². The van der Waals surface area contributed by atoms with Crippen molar-refractivity contribution in [3.05, 3.63) is 54.1 Å². The zero-order valence-electron chi connectivity index (χ0n) is 9.79. The van der Waals surface area contributed by atoms with E-state index in [0.29, 0.717) is 5.56 Å². The first kappa shape index (κ1) is 11.5. The van der Waals surface area contributed by atoms with Gasteiger partial charge in [-0.15, -0.1) is 0 Å². The molecule has 2 rings (SSSR count). The van der Waals surface area contributed by atoms with E-state index in [1.165, 1.54) is 6.33 Å². The Morgan fingerprint density at radius 2 is 1.65 bits per heavy atom. The Kier molecular flexibility index (Phi) is 3.06. The summed E-state index contributed by atoms with van der Waals surface area (Å²) in [5.41, 5.74) is 0.325. The van der Waals surface area contributed by atoms with E-state index in [9.17, 15) is 5.11 Å². The Labute approximate surface area is 99.9 Å². The normalized spacial score (nSPS) is 14.1. The average molecular weight is 230 g/mol. The lowest BCUT2D eigenvalue weighted by Gasteiger charge is -2.23. The van der Waals surface area contributed by atoms with Crippen molar-refractivity contribution in [3.63, 3.8) is 0 Å². The topological polar surface area (TPSA) is 55.2 Å². The largest absolute Gasteiger partial charge is 0.497 e. The average Bonchev–Trinajstić information content (AvgIpc) is 2.40. The van der Waals surface area contributed by atoms with Gasteiger partial charge in [0.1, 0.15) is 17.7 Å². The highest BCUT2D eigenvalue weighted by Crippen LogP contribution is 2.29. The molecule has 0 aliphatic heterocycles. The van der Waals surface area contributed by atoms with Crippen molar-refractivity contribution in [2.24, 2.45) is 0 Å². The molecule has 0 aliphatic rings. The van der Waals surface area contributed by atoms with Gasteiger partial charge in [0.15, 0.2) is 0 Å². The predicted molar refractivity (Wildman–Crippen MR) is 63.7 cm³/mol. The second-order valence-electron chi connectivity index (χ2n) is 3.93. The fraction of sp³-hybridized carbons (Fsp3) is 0.231. The molecule has 0 radical (unpaired) electrons. The summed E-state index contributed by atoms with van der Waals surface area (Å²) in [6, 6.07) is 7.28. The molecule has 0 bridgehead atoms. The van der Waals surface area contributed by atoms with E-state index in [1.807, 2.05) is 24.3 Å². The van der Waals surface area contributed by atoms with Crippen molar-refractivity contribution in [1.82, 2.24) is 9.97 Å². The molecule has 4 heteroatoms. The minimum Gasteiger partial charge on any atom is -0.497 e. The third-order valence-corrected chi connectivity index (χ3v) is 2.77. The molecule has 88 valence electrons. The van der Waals surface area contributed by atoms with Gasteiger partial charge in [0.25, 0.3) is 0 Å². The number of ether oxygens (including phenoxy) is 1. The molecule has 2 aromatic rings. The molecule has 0 unspecified atom stereocenters. The number of nitrogens with zero attached hydrogens (tertiary/aromatic N) is 2. The summed E-state index contributed by atoms with van der Waals surface area (Å²) >= 11 is 0. The molecule has 4 nitrogen and oxygen atoms in total. The first-order valence-electron chi connectivity index (χ1n) is 5.27. The molecule has 1 N–H and O–H groups in total. The molecule has 17 heavy (non-hydrogen) atoms. The number of hydrogen-bond donors (Lipinski definition) is 1. The van der Waals surface area contributed by atoms with Gasteiger partial charge in [0.05, 0.1) is 7.11 Å². The number of benzene rings is 1. The highest BCUT2D eigenvalue weighted by molar-refractivity contribution is 5.36. The summed E-state index contributed by atoms with van der Waals surface area (Å²) in [4.78, 5) is 7.83. The van der Waals surface area contributed by atoms with Crippen LogP contribution in [0.5, 0.6) is 5.75 Å². The van der Waals surface area contributed by atoms with Gasteiger partial charge in [-0.05, 0) is 24.6 Å². The summed E-state index contributed by atoms with van der Waals surface area (Å²) in [5.74, 6) is 0.758. The van der Waals surface area contributed by atoms with E-state index in [2.05, 4.69) is 9.97 Å². The minimum atomic E-state index is -1.10. The quantitative estimate of drug-likeness (QED) is 0.872. The number of aliphatic hydroxyl groups is 1. The highest BCUT2D eigenvalue weighted by atomic mass is 16.5. The lowest BCUT2D eigenvalue weighted by Crippen LogP contribution is -2.23. The maximum atomic E-state index is 10.5. The molecule has 1 atom stereocenters. The first-order valence-corrected chi connectivity index (χ1v) is 5.27. The van der Waals surface area contributed by atoms with Crippen LogP contribution in [0.4, 0.5) is 0 Å². The van der Waals surface area contributed by atoms with Crippen molar-refractivity contribution in [1.29, 1.82) is 0 Å². The zero-order chi connectivity index (χ0) is 12.3. The first-order chi connectivity index (χ1) is 8.14. The van der Waals surface area contributed by atoms with Crippen LogP contribution in [0.2, 0.25) is 0 Å². The number of methoxy groups -OCH3 is 1. The number of rotatable bonds is 3. The van der Waals surface area contributed by atoms with Gasteiger partial charge in [0.2, 0.25) is 0 Å². The summed E-state index contributed by atoms with van der Waals surface area (Å²) in [7, 11) is 1.61. The third-order valence-electron chi connectivity index (χ3n) is 2.77. The predicted octanol–water partition coefficient (Wildman–Crippen LogP) is 1.74. The molecular weight excluding hydrogens is 216 g/mol. The van der Waals surface area contributed by atoms with Crippen LogP contribution in [0.15, 0.2) is 43.0 Å². The smallest absolute Gasteiger partial charge is 0.118 e. The van der Waals surface area contributed by atoms with Gasteiger partial charge < -0.3 is 9.84 Å². The number of hydrogen-bond acceptors (Lipinski definition) is 4. The van der Waals surface area contributed by atoms with E-state index in [1.54, 1.807) is 26.4 Å². The van der Waals surface area contributed by atoms with Gasteiger partial charge in [0, 0.05) is 18.0 Å². The summed E-state index contributed by atoms with van der Waals surface area (Å²) in [6.45, 7) is 1.72. The van der Waals surface area contributed by atoms with Gasteiger partial charge in [-0.25, -0.2) is 9.97 Å². The highest BCUT2D eigenvalue weighted by Gasteiger charge is 2.26. The molecule has 0 amide bonds. The molecule has 0 spiro atoms. The van der Waals surface area contributed by atoms with Crippen LogP contribution in [0.1, 0.15) is 18.1 Å². The molecule has 0 fully saturated rings. The van der Waals surface area contributed by atoms with Crippen LogP contribution in [0.25, 0.3) is 0 Å². The third kappa shape index (κ3) is 2.26. The van der Waals surface area contributed by atoms with Crippen molar-refractivity contribution in [2.45, 2.75) is 12.5 Å². The lowest BCUT2D eigenvalue weighted by atomic mass is 9.90. The Morgan fingerprint density at radius 1 is 1.06 bits per heavy atom. The Morgan fingerprint density at radius 3 is 2.18 bits per heavy atom. The SMILES string of the molecule is COc1ccc([C@@](C)(O)c2cncnc2)cc1. The van der Waals surface area contributed by atoms with Gasteiger partial charge in [-0.3, -0.25) is 0 Å². The van der Waals surface area contributed by atoms with Crippen molar-refractivity contribution < 1.29 is 9.84 Å². The molecule has 0 aliphatic carbocycles. The zero-order valence-corrected chi connectivity index (χ0v) is 9.79. The lowest BCUT2D eigenvalue weighted by molar-refractivity contribution is 0.101. The maximum Gasteiger partial charge on any atom is 0.118 e.